The van der Waals surface area contributed by atoms with Crippen LogP contribution in [0.15, 0.2) is 103 Å². The van der Waals surface area contributed by atoms with E-state index in [-0.39, 0.29) is 30.7 Å². The van der Waals surface area contributed by atoms with Crippen LogP contribution in [-0.2, 0) is 19.6 Å². The number of benzene rings is 4. The summed E-state index contributed by atoms with van der Waals surface area (Å²) in [5.41, 5.74) is 6.86. The van der Waals surface area contributed by atoms with Gasteiger partial charge in [-0.2, -0.15) is 0 Å². The van der Waals surface area contributed by atoms with Crippen molar-refractivity contribution in [1.29, 1.82) is 0 Å². The number of anilines is 1. The molecule has 0 spiro atoms. The summed E-state index contributed by atoms with van der Waals surface area (Å²) >= 11 is 0. The third kappa shape index (κ3) is 6.32. The summed E-state index contributed by atoms with van der Waals surface area (Å²) in [7, 11) is 1.59. The number of alkyl halides is 3. The SMILES string of the molecule is COc1cc(C(=O)N2Cc3ccc(C(=O)NCc4ccc(OC(F)(F)F)cc4)n3Cc3ccccc32)ccc1-c1ccccc1C. The van der Waals surface area contributed by atoms with Crippen molar-refractivity contribution in [3.63, 3.8) is 0 Å². The van der Waals surface area contributed by atoms with Crippen LogP contribution in [0.25, 0.3) is 11.1 Å². The summed E-state index contributed by atoms with van der Waals surface area (Å²) in [6.45, 7) is 2.73. The minimum atomic E-state index is -4.78. The van der Waals surface area contributed by atoms with Crippen LogP contribution in [0.4, 0.5) is 18.9 Å². The fourth-order valence-corrected chi connectivity index (χ4v) is 5.70. The molecule has 0 radical (unpaired) electrons. The number of aromatic nitrogens is 1. The highest BCUT2D eigenvalue weighted by atomic mass is 19.4. The van der Waals surface area contributed by atoms with Crippen LogP contribution >= 0.6 is 0 Å². The predicted octanol–water partition coefficient (Wildman–Crippen LogP) is 7.51. The monoisotopic (exact) mass is 625 g/mol. The predicted molar refractivity (Wildman–Crippen MR) is 168 cm³/mol. The first-order chi connectivity index (χ1) is 22.1. The van der Waals surface area contributed by atoms with E-state index >= 15 is 0 Å². The first kappa shape index (κ1) is 30.5. The van der Waals surface area contributed by atoms with Gasteiger partial charge in [0.05, 0.1) is 20.2 Å². The molecule has 7 nitrogen and oxygen atoms in total. The van der Waals surface area contributed by atoms with Gasteiger partial charge in [0.1, 0.15) is 17.2 Å². The first-order valence-corrected chi connectivity index (χ1v) is 14.6. The molecule has 1 aliphatic heterocycles. The fourth-order valence-electron chi connectivity index (χ4n) is 5.70. The maximum absolute atomic E-state index is 14.1. The number of amides is 2. The summed E-state index contributed by atoms with van der Waals surface area (Å²) in [5, 5.41) is 2.84. The Kier molecular flexibility index (Phi) is 8.27. The minimum Gasteiger partial charge on any atom is -0.496 e. The Labute approximate surface area is 263 Å². The smallest absolute Gasteiger partial charge is 0.496 e. The van der Waals surface area contributed by atoms with Gasteiger partial charge in [-0.05, 0) is 77.7 Å². The normalized spacial score (nSPS) is 12.5. The van der Waals surface area contributed by atoms with Crippen molar-refractivity contribution in [2.75, 3.05) is 12.0 Å². The number of rotatable bonds is 7. The Balaban J connectivity index is 1.24. The van der Waals surface area contributed by atoms with Crippen LogP contribution in [0.2, 0.25) is 0 Å². The molecule has 0 atom stereocenters. The number of para-hydroxylation sites is 1. The van der Waals surface area contributed by atoms with Crippen LogP contribution in [0.1, 0.15) is 43.2 Å². The number of nitrogens with zero attached hydrogens (tertiary/aromatic N) is 2. The van der Waals surface area contributed by atoms with Gasteiger partial charge in [0, 0.05) is 29.1 Å². The molecule has 10 heteroatoms. The van der Waals surface area contributed by atoms with E-state index in [4.69, 9.17) is 4.74 Å². The van der Waals surface area contributed by atoms with E-state index in [1.165, 1.54) is 24.3 Å². The molecule has 1 aliphatic rings. The van der Waals surface area contributed by atoms with E-state index in [9.17, 15) is 22.8 Å². The van der Waals surface area contributed by atoms with Gasteiger partial charge in [-0.15, -0.1) is 13.2 Å². The summed E-state index contributed by atoms with van der Waals surface area (Å²) in [6, 6.07) is 29.9. The molecule has 4 aromatic carbocycles. The van der Waals surface area contributed by atoms with Crippen LogP contribution in [0.3, 0.4) is 0 Å². The van der Waals surface area contributed by atoms with Crippen molar-refractivity contribution >= 4 is 17.5 Å². The number of fused-ring (bicyclic) bond motifs is 2. The van der Waals surface area contributed by atoms with E-state index in [1.54, 1.807) is 30.2 Å². The molecule has 6 rings (SSSR count). The number of aryl methyl sites for hydroxylation is 1. The second-order valence-corrected chi connectivity index (χ2v) is 10.9. The largest absolute Gasteiger partial charge is 0.573 e. The molecule has 0 saturated carbocycles. The third-order valence-electron chi connectivity index (χ3n) is 7.97. The molecule has 2 amide bonds. The van der Waals surface area contributed by atoms with E-state index in [1.807, 2.05) is 72.2 Å². The lowest BCUT2D eigenvalue weighted by atomic mass is 9.98. The molecule has 0 aliphatic carbocycles. The van der Waals surface area contributed by atoms with Gasteiger partial charge in [-0.3, -0.25) is 9.59 Å². The average Bonchev–Trinajstić information content (AvgIpc) is 3.36. The summed E-state index contributed by atoms with van der Waals surface area (Å²) in [4.78, 5) is 29.1. The molecule has 234 valence electrons. The lowest BCUT2D eigenvalue weighted by Gasteiger charge is -2.23. The summed E-state index contributed by atoms with van der Waals surface area (Å²) < 4.78 is 48.9. The van der Waals surface area contributed by atoms with E-state index in [0.717, 1.165) is 33.6 Å². The topological polar surface area (TPSA) is 72.8 Å². The number of carbonyl (C=O) groups is 2. The number of halogens is 3. The Hall–Kier alpha value is -5.51. The number of hydrogen-bond acceptors (Lipinski definition) is 4. The van der Waals surface area contributed by atoms with Gasteiger partial charge < -0.3 is 24.3 Å². The number of hydrogen-bond donors (Lipinski definition) is 1. The van der Waals surface area contributed by atoms with Gasteiger partial charge >= 0.3 is 6.36 Å². The third-order valence-corrected chi connectivity index (χ3v) is 7.97. The molecular formula is C36H30F3N3O4. The zero-order chi connectivity index (χ0) is 32.4. The summed E-state index contributed by atoms with van der Waals surface area (Å²) in [5.74, 6) is -0.303. The number of nitrogens with one attached hydrogen (secondary N) is 1. The van der Waals surface area contributed by atoms with E-state index in [0.29, 0.717) is 29.1 Å². The van der Waals surface area contributed by atoms with Crippen molar-refractivity contribution < 1.29 is 32.2 Å². The highest BCUT2D eigenvalue weighted by molar-refractivity contribution is 6.07. The van der Waals surface area contributed by atoms with Crippen molar-refractivity contribution in [3.8, 4) is 22.6 Å². The van der Waals surface area contributed by atoms with Gasteiger partial charge in [0.2, 0.25) is 0 Å². The van der Waals surface area contributed by atoms with Crippen LogP contribution in [-0.4, -0.2) is 29.9 Å². The highest BCUT2D eigenvalue weighted by Crippen LogP contribution is 2.35. The second-order valence-electron chi connectivity index (χ2n) is 10.9. The molecule has 46 heavy (non-hydrogen) atoms. The van der Waals surface area contributed by atoms with Crippen molar-refractivity contribution in [1.82, 2.24) is 9.88 Å². The zero-order valence-electron chi connectivity index (χ0n) is 25.1. The maximum atomic E-state index is 14.1. The Morgan fingerprint density at radius 1 is 0.848 bits per heavy atom. The molecule has 5 aromatic rings. The molecule has 1 N–H and O–H groups in total. The number of ether oxygens (including phenoxy) is 2. The van der Waals surface area contributed by atoms with Gasteiger partial charge in [-0.1, -0.05) is 54.6 Å². The zero-order valence-corrected chi connectivity index (χ0v) is 25.1. The average molecular weight is 626 g/mol. The van der Waals surface area contributed by atoms with E-state index < -0.39 is 6.36 Å². The maximum Gasteiger partial charge on any atom is 0.573 e. The van der Waals surface area contributed by atoms with Crippen molar-refractivity contribution in [2.45, 2.75) is 32.9 Å². The fraction of sp³-hybridized carbons (Fsp3) is 0.167. The molecular weight excluding hydrogens is 595 g/mol. The lowest BCUT2D eigenvalue weighted by molar-refractivity contribution is -0.274. The Morgan fingerprint density at radius 3 is 2.33 bits per heavy atom. The molecule has 0 fully saturated rings. The molecule has 0 bridgehead atoms. The van der Waals surface area contributed by atoms with Gasteiger partial charge in [0.15, 0.2) is 0 Å². The Bertz CT molecular complexity index is 1910. The second kappa shape index (κ2) is 12.5. The quantitative estimate of drug-likeness (QED) is 0.203. The van der Waals surface area contributed by atoms with E-state index in [2.05, 4.69) is 10.1 Å². The summed E-state index contributed by atoms with van der Waals surface area (Å²) in [6.07, 6.45) is -4.78. The highest BCUT2D eigenvalue weighted by Gasteiger charge is 2.31. The minimum absolute atomic E-state index is 0.104. The molecule has 2 heterocycles. The lowest BCUT2D eigenvalue weighted by Crippen LogP contribution is -2.30. The van der Waals surface area contributed by atoms with Crippen molar-refractivity contribution in [2.24, 2.45) is 0 Å². The standard InChI is InChI=1S/C36H30F3N3O4/c1-23-7-3-5-9-29(23)30-17-13-25(19-33(30)45-2)35(44)42-22-27-14-18-32(41(27)21-26-8-4-6-10-31(26)42)34(43)40-20-24-11-15-28(16-12-24)46-36(37,38)39/h3-19H,20-22H2,1-2H3,(H,40,43). The van der Waals surface area contributed by atoms with Crippen molar-refractivity contribution in [3.05, 3.63) is 137 Å². The Morgan fingerprint density at radius 2 is 1.59 bits per heavy atom. The molecule has 0 saturated heterocycles. The van der Waals surface area contributed by atoms with Crippen LogP contribution < -0.4 is 19.7 Å². The van der Waals surface area contributed by atoms with Gasteiger partial charge in [-0.25, -0.2) is 0 Å². The first-order valence-electron chi connectivity index (χ1n) is 14.6. The number of carbonyl (C=O) groups excluding carboxylic acids is 2. The number of methoxy groups -OCH3 is 1. The van der Waals surface area contributed by atoms with Crippen LogP contribution in [0.5, 0.6) is 11.5 Å². The molecule has 1 aromatic heterocycles. The van der Waals surface area contributed by atoms with Gasteiger partial charge in [0.25, 0.3) is 11.8 Å². The molecule has 0 unspecified atom stereocenters. The van der Waals surface area contributed by atoms with Crippen LogP contribution in [0, 0.1) is 6.92 Å².